The number of H-pyrrole nitrogens is 1. The first-order valence-electron chi connectivity index (χ1n) is 10.2. The highest BCUT2D eigenvalue weighted by atomic mass is 16.5. The predicted octanol–water partition coefficient (Wildman–Crippen LogP) is 4.30. The van der Waals surface area contributed by atoms with Crippen LogP contribution in [0.3, 0.4) is 0 Å². The molecule has 1 aliphatic heterocycles. The number of carbonyl (C=O) groups excluding carboxylic acids is 1. The highest BCUT2D eigenvalue weighted by molar-refractivity contribution is 5.79. The van der Waals surface area contributed by atoms with Gasteiger partial charge in [-0.3, -0.25) is 9.78 Å². The molecule has 1 N–H and O–H groups in total. The topological polar surface area (TPSA) is 58.2 Å². The molecule has 5 heteroatoms. The van der Waals surface area contributed by atoms with E-state index in [0.29, 0.717) is 18.9 Å². The highest BCUT2D eigenvalue weighted by Crippen LogP contribution is 2.32. The van der Waals surface area contributed by atoms with Crippen molar-refractivity contribution >= 4 is 16.9 Å². The van der Waals surface area contributed by atoms with Crippen molar-refractivity contribution in [2.75, 3.05) is 19.7 Å². The molecule has 1 aromatic carbocycles. The minimum Gasteiger partial charge on any atom is -0.494 e. The van der Waals surface area contributed by atoms with Crippen LogP contribution < -0.4 is 4.74 Å². The molecule has 1 saturated heterocycles. The molecule has 4 rings (SSSR count). The number of ether oxygens (including phenoxy) is 1. The van der Waals surface area contributed by atoms with Crippen LogP contribution >= 0.6 is 0 Å². The van der Waals surface area contributed by atoms with E-state index in [1.165, 1.54) is 11.1 Å². The van der Waals surface area contributed by atoms with Crippen molar-refractivity contribution < 1.29 is 9.53 Å². The van der Waals surface area contributed by atoms with Gasteiger partial charge in [0.25, 0.3) is 0 Å². The third-order valence-electron chi connectivity index (χ3n) is 5.61. The molecule has 1 amide bonds. The fraction of sp³-hybridized carbons (Fsp3) is 0.391. The largest absolute Gasteiger partial charge is 0.494 e. The third kappa shape index (κ3) is 4.03. The summed E-state index contributed by atoms with van der Waals surface area (Å²) in [6, 6.07) is 12.1. The zero-order chi connectivity index (χ0) is 19.3. The molecule has 0 radical (unpaired) electrons. The van der Waals surface area contributed by atoms with Crippen molar-refractivity contribution in [2.45, 2.75) is 38.5 Å². The lowest BCUT2D eigenvalue weighted by atomic mass is 9.90. The van der Waals surface area contributed by atoms with Gasteiger partial charge in [0.1, 0.15) is 5.75 Å². The zero-order valence-corrected chi connectivity index (χ0v) is 16.4. The minimum atomic E-state index is 0.254. The number of pyridine rings is 1. The average molecular weight is 377 g/mol. The Balaban J connectivity index is 1.29. The fourth-order valence-electron chi connectivity index (χ4n) is 4.06. The van der Waals surface area contributed by atoms with Crippen molar-refractivity contribution in [1.82, 2.24) is 14.9 Å². The number of likely N-dealkylation sites (tertiary alicyclic amines) is 1. The molecule has 3 heterocycles. The van der Waals surface area contributed by atoms with Crippen LogP contribution in [0.4, 0.5) is 0 Å². The van der Waals surface area contributed by atoms with Gasteiger partial charge in [-0.05, 0) is 67.5 Å². The van der Waals surface area contributed by atoms with Crippen molar-refractivity contribution in [1.29, 1.82) is 0 Å². The summed E-state index contributed by atoms with van der Waals surface area (Å²) in [5.41, 5.74) is 4.63. The molecule has 0 bridgehead atoms. The number of hydrogen-bond acceptors (Lipinski definition) is 3. The van der Waals surface area contributed by atoms with Crippen molar-refractivity contribution in [3.05, 3.63) is 59.9 Å². The van der Waals surface area contributed by atoms with Gasteiger partial charge in [0, 0.05) is 31.9 Å². The normalized spacial score (nSPS) is 15.1. The van der Waals surface area contributed by atoms with Gasteiger partial charge < -0.3 is 14.6 Å². The van der Waals surface area contributed by atoms with Gasteiger partial charge in [-0.15, -0.1) is 0 Å². The summed E-state index contributed by atoms with van der Waals surface area (Å²) in [6.07, 6.45) is 7.27. The van der Waals surface area contributed by atoms with Crippen LogP contribution in [-0.2, 0) is 11.2 Å². The van der Waals surface area contributed by atoms with Gasteiger partial charge in [-0.2, -0.15) is 0 Å². The van der Waals surface area contributed by atoms with Gasteiger partial charge in [-0.25, -0.2) is 0 Å². The van der Waals surface area contributed by atoms with Crippen molar-refractivity contribution in [3.8, 4) is 5.75 Å². The quantitative estimate of drug-likeness (QED) is 0.697. The van der Waals surface area contributed by atoms with Gasteiger partial charge >= 0.3 is 0 Å². The monoisotopic (exact) mass is 377 g/mol. The molecule has 28 heavy (non-hydrogen) atoms. The first-order chi connectivity index (χ1) is 13.7. The van der Waals surface area contributed by atoms with Crippen LogP contribution in [0, 0.1) is 0 Å². The number of aromatic nitrogens is 2. The van der Waals surface area contributed by atoms with Gasteiger partial charge in [0.15, 0.2) is 0 Å². The van der Waals surface area contributed by atoms with E-state index in [0.717, 1.165) is 49.1 Å². The summed E-state index contributed by atoms with van der Waals surface area (Å²) >= 11 is 0. The van der Waals surface area contributed by atoms with Crippen LogP contribution in [0.15, 0.2) is 48.8 Å². The van der Waals surface area contributed by atoms with E-state index in [1.807, 2.05) is 36.2 Å². The van der Waals surface area contributed by atoms with Crippen LogP contribution in [0.2, 0.25) is 0 Å². The second-order valence-corrected chi connectivity index (χ2v) is 7.38. The van der Waals surface area contributed by atoms with Crippen LogP contribution in [-0.4, -0.2) is 40.5 Å². The lowest BCUT2D eigenvalue weighted by Crippen LogP contribution is -2.38. The van der Waals surface area contributed by atoms with E-state index in [4.69, 9.17) is 4.74 Å². The summed E-state index contributed by atoms with van der Waals surface area (Å²) in [5.74, 6) is 1.61. The SMILES string of the molecule is CCOc1ccc(CCC(=O)N2CCC(c3c[nH]c4cccnc34)CC2)cc1. The Kier molecular flexibility index (Phi) is 5.60. The Morgan fingerprint density at radius 2 is 2.00 bits per heavy atom. The Hall–Kier alpha value is -2.82. The second kappa shape index (κ2) is 8.46. The van der Waals surface area contributed by atoms with E-state index >= 15 is 0 Å². The summed E-state index contributed by atoms with van der Waals surface area (Å²) in [5, 5.41) is 0. The molecule has 0 spiro atoms. The highest BCUT2D eigenvalue weighted by Gasteiger charge is 2.25. The number of fused-ring (bicyclic) bond motifs is 1. The number of benzene rings is 1. The Bertz CT molecular complexity index is 924. The Morgan fingerprint density at radius 3 is 2.75 bits per heavy atom. The molecule has 3 aromatic rings. The van der Waals surface area contributed by atoms with E-state index in [1.54, 1.807) is 0 Å². The molecule has 5 nitrogen and oxygen atoms in total. The number of aryl methyl sites for hydroxylation is 1. The lowest BCUT2D eigenvalue weighted by Gasteiger charge is -2.32. The van der Waals surface area contributed by atoms with Gasteiger partial charge in [0.2, 0.25) is 5.91 Å². The number of aromatic amines is 1. The van der Waals surface area contributed by atoms with E-state index in [9.17, 15) is 4.79 Å². The van der Waals surface area contributed by atoms with Gasteiger partial charge in [0.05, 0.1) is 17.6 Å². The molecular weight excluding hydrogens is 350 g/mol. The number of rotatable bonds is 6. The first-order valence-corrected chi connectivity index (χ1v) is 10.2. The molecule has 0 unspecified atom stereocenters. The number of amides is 1. The zero-order valence-electron chi connectivity index (χ0n) is 16.4. The maximum absolute atomic E-state index is 12.6. The van der Waals surface area contributed by atoms with E-state index in [2.05, 4.69) is 34.4 Å². The van der Waals surface area contributed by atoms with E-state index < -0.39 is 0 Å². The van der Waals surface area contributed by atoms with Crippen molar-refractivity contribution in [2.24, 2.45) is 0 Å². The number of nitrogens with one attached hydrogen (secondary N) is 1. The Morgan fingerprint density at radius 1 is 1.21 bits per heavy atom. The summed E-state index contributed by atoms with van der Waals surface area (Å²) in [7, 11) is 0. The standard InChI is InChI=1S/C23H27N3O2/c1-2-28-19-8-5-17(6-9-19)7-10-22(27)26-14-11-18(12-15-26)20-16-25-21-4-3-13-24-23(20)21/h3-6,8-9,13,16,18,25H,2,7,10-12,14-15H2,1H3. The molecule has 2 aromatic heterocycles. The molecule has 0 saturated carbocycles. The smallest absolute Gasteiger partial charge is 0.222 e. The van der Waals surface area contributed by atoms with E-state index in [-0.39, 0.29) is 5.91 Å². The summed E-state index contributed by atoms with van der Waals surface area (Å²) < 4.78 is 5.47. The number of hydrogen-bond donors (Lipinski definition) is 1. The molecule has 1 aliphatic rings. The maximum atomic E-state index is 12.6. The molecule has 0 aliphatic carbocycles. The summed E-state index contributed by atoms with van der Waals surface area (Å²) in [6.45, 7) is 4.30. The number of carbonyl (C=O) groups is 1. The predicted molar refractivity (Wildman–Crippen MR) is 111 cm³/mol. The molecule has 0 atom stereocenters. The lowest BCUT2D eigenvalue weighted by molar-refractivity contribution is -0.132. The third-order valence-corrected chi connectivity index (χ3v) is 5.61. The van der Waals surface area contributed by atoms with Crippen LogP contribution in [0.1, 0.15) is 43.2 Å². The van der Waals surface area contributed by atoms with Gasteiger partial charge in [-0.1, -0.05) is 12.1 Å². The first kappa shape index (κ1) is 18.5. The number of piperidine rings is 1. The van der Waals surface area contributed by atoms with Crippen LogP contribution in [0.25, 0.3) is 11.0 Å². The Labute approximate surface area is 165 Å². The second-order valence-electron chi connectivity index (χ2n) is 7.38. The maximum Gasteiger partial charge on any atom is 0.222 e. The summed E-state index contributed by atoms with van der Waals surface area (Å²) in [4.78, 5) is 22.5. The molecular formula is C23H27N3O2. The number of nitrogens with zero attached hydrogens (tertiary/aromatic N) is 2. The molecule has 146 valence electrons. The molecule has 1 fully saturated rings. The fourth-order valence-corrected chi connectivity index (χ4v) is 4.06. The average Bonchev–Trinajstić information content (AvgIpc) is 3.17. The van der Waals surface area contributed by atoms with Crippen molar-refractivity contribution in [3.63, 3.8) is 0 Å². The van der Waals surface area contributed by atoms with Crippen LogP contribution in [0.5, 0.6) is 5.75 Å². The minimum absolute atomic E-state index is 0.254.